The number of rotatable bonds is 5. The molecular weight excluding hydrogens is 474 g/mol. The van der Waals surface area contributed by atoms with E-state index in [1.54, 1.807) is 0 Å². The van der Waals surface area contributed by atoms with E-state index in [2.05, 4.69) is 163 Å². The van der Waals surface area contributed by atoms with E-state index in [-0.39, 0.29) is 0 Å². The van der Waals surface area contributed by atoms with Crippen molar-refractivity contribution in [2.75, 3.05) is 0 Å². The number of nitrogens with one attached hydrogen (secondary N) is 1. The van der Waals surface area contributed by atoms with E-state index in [0.29, 0.717) is 0 Å². The van der Waals surface area contributed by atoms with Gasteiger partial charge < -0.3 is 4.98 Å². The van der Waals surface area contributed by atoms with E-state index in [4.69, 9.17) is 0 Å². The lowest BCUT2D eigenvalue weighted by Gasteiger charge is -2.34. The minimum Gasteiger partial charge on any atom is -0.354 e. The summed E-state index contributed by atoms with van der Waals surface area (Å²) in [7, 11) is -2.51. The molecule has 0 aliphatic rings. The Morgan fingerprint density at radius 3 is 1.42 bits per heavy atom. The molecule has 0 fully saturated rings. The van der Waals surface area contributed by atoms with Crippen LogP contribution in [0.25, 0.3) is 32.9 Å². The SMILES string of the molecule is c1ccc([Si](c2ccccc2)(c2ccccc2)c2ccc(-c3cccc4c3[nH]c3ccccc34)cc2)cc1. The Bertz CT molecular complexity index is 1740. The highest BCUT2D eigenvalue weighted by Gasteiger charge is 2.41. The highest BCUT2D eigenvalue weighted by Crippen LogP contribution is 2.32. The zero-order chi connectivity index (χ0) is 25.4. The molecule has 1 heterocycles. The molecular formula is C36H27NSi. The molecule has 1 N–H and O–H groups in total. The lowest BCUT2D eigenvalue weighted by molar-refractivity contribution is 1.54. The van der Waals surface area contributed by atoms with Gasteiger partial charge in [-0.25, -0.2) is 0 Å². The third-order valence-electron chi connectivity index (χ3n) is 7.79. The zero-order valence-electron chi connectivity index (χ0n) is 21.0. The minimum absolute atomic E-state index is 1.18. The van der Waals surface area contributed by atoms with Crippen LogP contribution in [0.5, 0.6) is 0 Å². The number of aromatic amines is 1. The van der Waals surface area contributed by atoms with Crippen molar-refractivity contribution in [3.63, 3.8) is 0 Å². The van der Waals surface area contributed by atoms with Crippen LogP contribution >= 0.6 is 0 Å². The second-order valence-electron chi connectivity index (χ2n) is 9.82. The van der Waals surface area contributed by atoms with Gasteiger partial charge in [-0.15, -0.1) is 0 Å². The quantitative estimate of drug-likeness (QED) is 0.209. The molecule has 6 aromatic carbocycles. The lowest BCUT2D eigenvalue weighted by Crippen LogP contribution is -2.74. The standard InChI is InChI=1S/C36H27NSi/c1-4-13-28(14-5-1)38(29-15-6-2-7-16-29,30-17-8-3-9-18-30)31-25-23-27(24-26-31)32-20-12-21-34-33-19-10-11-22-35(33)37-36(32)34/h1-26,37H. The maximum Gasteiger partial charge on any atom is 0.179 e. The highest BCUT2D eigenvalue weighted by atomic mass is 28.3. The van der Waals surface area contributed by atoms with Crippen molar-refractivity contribution in [3.8, 4) is 11.1 Å². The van der Waals surface area contributed by atoms with Gasteiger partial charge in [-0.3, -0.25) is 0 Å². The van der Waals surface area contributed by atoms with E-state index in [0.717, 1.165) is 0 Å². The summed E-state index contributed by atoms with van der Waals surface area (Å²) in [5.41, 5.74) is 4.83. The van der Waals surface area contributed by atoms with Crippen LogP contribution in [0.4, 0.5) is 0 Å². The second kappa shape index (κ2) is 9.33. The summed E-state index contributed by atoms with van der Waals surface area (Å²) in [5.74, 6) is 0. The summed E-state index contributed by atoms with van der Waals surface area (Å²) in [4.78, 5) is 3.68. The molecule has 7 aromatic rings. The normalized spacial score (nSPS) is 11.7. The van der Waals surface area contributed by atoms with Crippen molar-refractivity contribution in [3.05, 3.63) is 158 Å². The van der Waals surface area contributed by atoms with Crippen LogP contribution in [0.3, 0.4) is 0 Å². The first kappa shape index (κ1) is 22.5. The predicted molar refractivity (Wildman–Crippen MR) is 165 cm³/mol. The largest absolute Gasteiger partial charge is 0.354 e. The molecule has 2 heteroatoms. The van der Waals surface area contributed by atoms with E-state index < -0.39 is 8.07 Å². The summed E-state index contributed by atoms with van der Waals surface area (Å²) in [6, 6.07) is 57.8. The van der Waals surface area contributed by atoms with Crippen LogP contribution in [-0.2, 0) is 0 Å². The summed E-state index contributed by atoms with van der Waals surface area (Å²) in [6.07, 6.45) is 0. The van der Waals surface area contributed by atoms with E-state index in [1.807, 2.05) is 0 Å². The van der Waals surface area contributed by atoms with E-state index in [1.165, 1.54) is 53.7 Å². The Morgan fingerprint density at radius 1 is 0.368 bits per heavy atom. The number of H-pyrrole nitrogens is 1. The van der Waals surface area contributed by atoms with Gasteiger partial charge in [0.1, 0.15) is 0 Å². The first-order valence-corrected chi connectivity index (χ1v) is 15.1. The molecule has 1 nitrogen and oxygen atoms in total. The summed E-state index contributed by atoms with van der Waals surface area (Å²) < 4.78 is 0. The van der Waals surface area contributed by atoms with Gasteiger partial charge in [-0.2, -0.15) is 0 Å². The molecule has 0 aliphatic heterocycles. The molecule has 1 aromatic heterocycles. The van der Waals surface area contributed by atoms with Gasteiger partial charge in [0.2, 0.25) is 0 Å². The molecule has 0 saturated carbocycles. The summed E-state index contributed by atoms with van der Waals surface area (Å²) in [6.45, 7) is 0. The molecule has 0 amide bonds. The van der Waals surface area contributed by atoms with Crippen LogP contribution < -0.4 is 20.7 Å². The zero-order valence-corrected chi connectivity index (χ0v) is 22.0. The second-order valence-corrected chi connectivity index (χ2v) is 13.6. The molecule has 7 rings (SSSR count). The van der Waals surface area contributed by atoms with Crippen LogP contribution in [0.2, 0.25) is 0 Å². The molecule has 180 valence electrons. The minimum atomic E-state index is -2.51. The van der Waals surface area contributed by atoms with Crippen molar-refractivity contribution >= 4 is 50.6 Å². The van der Waals surface area contributed by atoms with Crippen LogP contribution in [-0.4, -0.2) is 13.1 Å². The molecule has 0 atom stereocenters. The highest BCUT2D eigenvalue weighted by molar-refractivity contribution is 7.19. The molecule has 38 heavy (non-hydrogen) atoms. The fourth-order valence-electron chi connectivity index (χ4n) is 6.08. The number of fused-ring (bicyclic) bond motifs is 3. The first-order valence-electron chi connectivity index (χ1n) is 13.1. The van der Waals surface area contributed by atoms with Gasteiger partial charge in [0.25, 0.3) is 0 Å². The van der Waals surface area contributed by atoms with Gasteiger partial charge in [-0.05, 0) is 32.4 Å². The number of para-hydroxylation sites is 2. The van der Waals surface area contributed by atoms with Gasteiger partial charge in [-0.1, -0.05) is 152 Å². The fraction of sp³-hybridized carbons (Fsp3) is 0. The number of hydrogen-bond donors (Lipinski definition) is 1. The Morgan fingerprint density at radius 2 is 0.842 bits per heavy atom. The average molecular weight is 502 g/mol. The maximum atomic E-state index is 3.68. The predicted octanol–water partition coefficient (Wildman–Crippen LogP) is 6.37. The Labute approximate surface area is 224 Å². The fourth-order valence-corrected chi connectivity index (χ4v) is 10.8. The molecule has 0 radical (unpaired) electrons. The summed E-state index contributed by atoms with van der Waals surface area (Å²) in [5, 5.41) is 8.09. The monoisotopic (exact) mass is 501 g/mol. The van der Waals surface area contributed by atoms with Gasteiger partial charge in [0, 0.05) is 21.9 Å². The van der Waals surface area contributed by atoms with Gasteiger partial charge >= 0.3 is 0 Å². The van der Waals surface area contributed by atoms with Crippen molar-refractivity contribution < 1.29 is 0 Å². The smallest absolute Gasteiger partial charge is 0.179 e. The number of aromatic nitrogens is 1. The number of benzene rings is 6. The number of hydrogen-bond acceptors (Lipinski definition) is 0. The Hall–Kier alpha value is -4.66. The topological polar surface area (TPSA) is 15.8 Å². The first-order chi connectivity index (χ1) is 18.9. The van der Waals surface area contributed by atoms with Crippen LogP contribution in [0, 0.1) is 0 Å². The average Bonchev–Trinajstić information content (AvgIpc) is 3.39. The molecule has 0 spiro atoms. The van der Waals surface area contributed by atoms with Crippen LogP contribution in [0.15, 0.2) is 158 Å². The Balaban J connectivity index is 1.45. The van der Waals surface area contributed by atoms with Crippen molar-refractivity contribution in [1.29, 1.82) is 0 Å². The van der Waals surface area contributed by atoms with Crippen molar-refractivity contribution in [1.82, 2.24) is 4.98 Å². The summed E-state index contributed by atoms with van der Waals surface area (Å²) >= 11 is 0. The Kier molecular flexibility index (Phi) is 5.53. The van der Waals surface area contributed by atoms with Gasteiger partial charge in [0.15, 0.2) is 8.07 Å². The molecule has 0 unspecified atom stereocenters. The lowest BCUT2D eigenvalue weighted by atomic mass is 10.0. The molecule has 0 bridgehead atoms. The van der Waals surface area contributed by atoms with E-state index >= 15 is 0 Å². The van der Waals surface area contributed by atoms with Gasteiger partial charge in [0.05, 0.1) is 5.52 Å². The molecule has 0 saturated heterocycles. The third kappa shape index (κ3) is 3.53. The molecule has 0 aliphatic carbocycles. The van der Waals surface area contributed by atoms with Crippen LogP contribution in [0.1, 0.15) is 0 Å². The van der Waals surface area contributed by atoms with Crippen molar-refractivity contribution in [2.24, 2.45) is 0 Å². The van der Waals surface area contributed by atoms with E-state index in [9.17, 15) is 0 Å². The third-order valence-corrected chi connectivity index (χ3v) is 12.6. The maximum absolute atomic E-state index is 3.68. The van der Waals surface area contributed by atoms with Crippen molar-refractivity contribution in [2.45, 2.75) is 0 Å².